The van der Waals surface area contributed by atoms with Crippen molar-refractivity contribution in [1.82, 2.24) is 5.32 Å². The standard InChI is InChI=1S/C21H24ClNO2S/c1-15-3-8-18(26-2)13-19(15)20(24)23-14-21(9-11-25-12-10-21)16-4-6-17(22)7-5-16/h3-8,13H,9-12,14H2,1-2H3,(H,23,24). The molecule has 1 aliphatic rings. The number of nitrogens with one attached hydrogen (secondary N) is 1. The minimum absolute atomic E-state index is 0.0155. The van der Waals surface area contributed by atoms with Crippen LogP contribution in [0.4, 0.5) is 0 Å². The van der Waals surface area contributed by atoms with Crippen LogP contribution in [0.1, 0.15) is 34.3 Å². The smallest absolute Gasteiger partial charge is 0.251 e. The minimum Gasteiger partial charge on any atom is -0.381 e. The molecule has 2 aromatic rings. The van der Waals surface area contributed by atoms with Gasteiger partial charge in [0.2, 0.25) is 0 Å². The highest BCUT2D eigenvalue weighted by molar-refractivity contribution is 7.98. The Hall–Kier alpha value is -1.49. The van der Waals surface area contributed by atoms with E-state index in [9.17, 15) is 4.79 Å². The van der Waals surface area contributed by atoms with Gasteiger partial charge >= 0.3 is 0 Å². The zero-order valence-electron chi connectivity index (χ0n) is 15.2. The van der Waals surface area contributed by atoms with Crippen LogP contribution in [-0.4, -0.2) is 31.9 Å². The number of amides is 1. The van der Waals surface area contributed by atoms with Gasteiger partial charge < -0.3 is 10.1 Å². The molecule has 138 valence electrons. The average Bonchev–Trinajstić information content (AvgIpc) is 2.68. The lowest BCUT2D eigenvalue weighted by molar-refractivity contribution is 0.0487. The SMILES string of the molecule is CSc1ccc(C)c(C(=O)NCC2(c3ccc(Cl)cc3)CCOCC2)c1. The van der Waals surface area contributed by atoms with Crippen molar-refractivity contribution in [2.75, 3.05) is 26.0 Å². The van der Waals surface area contributed by atoms with Crippen LogP contribution in [0.25, 0.3) is 0 Å². The highest BCUT2D eigenvalue weighted by Gasteiger charge is 2.35. The third-order valence-electron chi connectivity index (χ3n) is 5.18. The first-order valence-corrected chi connectivity index (χ1v) is 10.4. The number of carbonyl (C=O) groups excluding carboxylic acids is 1. The van der Waals surface area contributed by atoms with Crippen molar-refractivity contribution in [3.63, 3.8) is 0 Å². The number of thioether (sulfide) groups is 1. The molecule has 2 aromatic carbocycles. The minimum atomic E-state index is -0.108. The summed E-state index contributed by atoms with van der Waals surface area (Å²) in [7, 11) is 0. The van der Waals surface area contributed by atoms with Crippen LogP contribution in [-0.2, 0) is 10.2 Å². The highest BCUT2D eigenvalue weighted by Crippen LogP contribution is 2.35. The second-order valence-electron chi connectivity index (χ2n) is 6.76. The van der Waals surface area contributed by atoms with E-state index in [0.717, 1.165) is 33.9 Å². The van der Waals surface area contributed by atoms with Gasteiger partial charge in [0.1, 0.15) is 0 Å². The monoisotopic (exact) mass is 389 g/mol. The van der Waals surface area contributed by atoms with Gasteiger partial charge in [-0.15, -0.1) is 11.8 Å². The molecular formula is C21H24ClNO2S. The number of rotatable bonds is 5. The quantitative estimate of drug-likeness (QED) is 0.743. The molecule has 0 saturated carbocycles. The molecule has 1 N–H and O–H groups in total. The van der Waals surface area contributed by atoms with Gasteiger partial charge in [-0.3, -0.25) is 4.79 Å². The van der Waals surface area contributed by atoms with E-state index in [0.29, 0.717) is 19.8 Å². The van der Waals surface area contributed by atoms with Gasteiger partial charge in [-0.25, -0.2) is 0 Å². The predicted molar refractivity (Wildman–Crippen MR) is 108 cm³/mol. The summed E-state index contributed by atoms with van der Waals surface area (Å²) in [6.07, 6.45) is 3.79. The van der Waals surface area contributed by atoms with Crippen LogP contribution in [0.2, 0.25) is 5.02 Å². The Morgan fingerprint density at radius 1 is 1.19 bits per heavy atom. The normalized spacial score (nSPS) is 16.3. The number of hydrogen-bond donors (Lipinski definition) is 1. The third-order valence-corrected chi connectivity index (χ3v) is 6.16. The summed E-state index contributed by atoms with van der Waals surface area (Å²) in [6.45, 7) is 3.99. The van der Waals surface area contributed by atoms with Crippen molar-refractivity contribution in [1.29, 1.82) is 0 Å². The molecular weight excluding hydrogens is 366 g/mol. The number of ether oxygens (including phenoxy) is 1. The first-order chi connectivity index (χ1) is 12.5. The van der Waals surface area contributed by atoms with E-state index in [2.05, 4.69) is 17.4 Å². The van der Waals surface area contributed by atoms with Crippen molar-refractivity contribution in [3.05, 3.63) is 64.2 Å². The van der Waals surface area contributed by atoms with E-state index in [1.807, 2.05) is 43.5 Å². The lowest BCUT2D eigenvalue weighted by atomic mass is 9.74. The van der Waals surface area contributed by atoms with Gasteiger partial charge in [-0.1, -0.05) is 29.8 Å². The summed E-state index contributed by atoms with van der Waals surface area (Å²) in [5.74, 6) is -0.0155. The summed E-state index contributed by atoms with van der Waals surface area (Å²) in [6, 6.07) is 14.0. The number of carbonyl (C=O) groups is 1. The van der Waals surface area contributed by atoms with Crippen LogP contribution < -0.4 is 5.32 Å². The topological polar surface area (TPSA) is 38.3 Å². The molecule has 1 saturated heterocycles. The molecule has 0 spiro atoms. The Balaban J connectivity index is 1.80. The summed E-state index contributed by atoms with van der Waals surface area (Å²) >= 11 is 7.70. The Morgan fingerprint density at radius 2 is 1.88 bits per heavy atom. The fourth-order valence-corrected chi connectivity index (χ4v) is 4.02. The summed E-state index contributed by atoms with van der Waals surface area (Å²) in [5, 5.41) is 3.90. The molecule has 0 aliphatic carbocycles. The van der Waals surface area contributed by atoms with Gasteiger partial charge in [0.25, 0.3) is 5.91 Å². The van der Waals surface area contributed by atoms with Gasteiger partial charge in [-0.2, -0.15) is 0 Å². The molecule has 0 bridgehead atoms. The highest BCUT2D eigenvalue weighted by atomic mass is 35.5. The lowest BCUT2D eigenvalue weighted by Gasteiger charge is -2.38. The summed E-state index contributed by atoms with van der Waals surface area (Å²) in [4.78, 5) is 13.9. The fraction of sp³-hybridized carbons (Fsp3) is 0.381. The van der Waals surface area contributed by atoms with Crippen LogP contribution in [0.15, 0.2) is 47.4 Å². The number of hydrogen-bond acceptors (Lipinski definition) is 3. The molecule has 3 rings (SSSR count). The summed E-state index contributed by atoms with van der Waals surface area (Å²) < 4.78 is 5.57. The second kappa shape index (κ2) is 8.47. The Kier molecular flexibility index (Phi) is 6.28. The zero-order valence-corrected chi connectivity index (χ0v) is 16.8. The van der Waals surface area contributed by atoms with E-state index in [1.165, 1.54) is 5.56 Å². The van der Waals surface area contributed by atoms with Crippen LogP contribution in [0.3, 0.4) is 0 Å². The van der Waals surface area contributed by atoms with E-state index in [1.54, 1.807) is 11.8 Å². The van der Waals surface area contributed by atoms with Gasteiger partial charge in [0, 0.05) is 40.7 Å². The zero-order chi connectivity index (χ0) is 18.6. The first-order valence-electron chi connectivity index (χ1n) is 8.81. The molecule has 26 heavy (non-hydrogen) atoms. The predicted octanol–water partition coefficient (Wildman–Crippen LogP) is 4.85. The molecule has 1 aliphatic heterocycles. The maximum Gasteiger partial charge on any atom is 0.251 e. The molecule has 1 amide bonds. The van der Waals surface area contributed by atoms with Crippen LogP contribution in [0, 0.1) is 6.92 Å². The molecule has 5 heteroatoms. The number of aryl methyl sites for hydroxylation is 1. The Morgan fingerprint density at radius 3 is 2.54 bits per heavy atom. The van der Waals surface area contributed by atoms with Crippen molar-refractivity contribution in [2.24, 2.45) is 0 Å². The van der Waals surface area contributed by atoms with E-state index in [4.69, 9.17) is 16.3 Å². The van der Waals surface area contributed by atoms with Gasteiger partial charge in [0.15, 0.2) is 0 Å². The number of benzene rings is 2. The maximum absolute atomic E-state index is 12.8. The van der Waals surface area contributed by atoms with Gasteiger partial charge in [0.05, 0.1) is 0 Å². The largest absolute Gasteiger partial charge is 0.381 e. The number of halogens is 1. The van der Waals surface area contributed by atoms with Gasteiger partial charge in [-0.05, 0) is 61.4 Å². The third kappa shape index (κ3) is 4.25. The van der Waals surface area contributed by atoms with Crippen molar-refractivity contribution in [3.8, 4) is 0 Å². The molecule has 1 fully saturated rings. The first kappa shape index (κ1) is 19.3. The Bertz CT molecular complexity index is 770. The van der Waals surface area contributed by atoms with Crippen molar-refractivity contribution in [2.45, 2.75) is 30.1 Å². The molecule has 0 unspecified atom stereocenters. The molecule has 0 atom stereocenters. The van der Waals surface area contributed by atoms with Crippen LogP contribution in [0.5, 0.6) is 0 Å². The summed E-state index contributed by atoms with van der Waals surface area (Å²) in [5.41, 5.74) is 2.84. The van der Waals surface area contributed by atoms with E-state index >= 15 is 0 Å². The fourth-order valence-electron chi connectivity index (χ4n) is 3.45. The molecule has 0 aromatic heterocycles. The maximum atomic E-state index is 12.8. The lowest BCUT2D eigenvalue weighted by Crippen LogP contribution is -2.44. The second-order valence-corrected chi connectivity index (χ2v) is 8.08. The van der Waals surface area contributed by atoms with E-state index in [-0.39, 0.29) is 11.3 Å². The average molecular weight is 390 g/mol. The van der Waals surface area contributed by atoms with Crippen molar-refractivity contribution < 1.29 is 9.53 Å². The van der Waals surface area contributed by atoms with E-state index < -0.39 is 0 Å². The van der Waals surface area contributed by atoms with Crippen LogP contribution >= 0.6 is 23.4 Å². The Labute approximate surface area is 164 Å². The molecule has 0 radical (unpaired) electrons. The van der Waals surface area contributed by atoms with Crippen molar-refractivity contribution >= 4 is 29.3 Å². The molecule has 3 nitrogen and oxygen atoms in total. The molecule has 1 heterocycles.